The van der Waals surface area contributed by atoms with Crippen molar-refractivity contribution in [2.75, 3.05) is 11.4 Å². The number of hydrogen-bond acceptors (Lipinski definition) is 3. The van der Waals surface area contributed by atoms with Crippen LogP contribution in [-0.4, -0.2) is 40.7 Å². The van der Waals surface area contributed by atoms with E-state index in [0.717, 1.165) is 22.0 Å². The third-order valence-corrected chi connectivity index (χ3v) is 6.28. The third kappa shape index (κ3) is 5.37. The highest BCUT2D eigenvalue weighted by molar-refractivity contribution is 6.25. The maximum atomic E-state index is 13.4. The van der Waals surface area contributed by atoms with E-state index in [1.54, 1.807) is 16.7 Å². The monoisotopic (exact) mass is 471 g/mol. The summed E-state index contributed by atoms with van der Waals surface area (Å²) in [6.07, 6.45) is 0.754. The number of amides is 3. The van der Waals surface area contributed by atoms with Crippen LogP contribution in [0.15, 0.2) is 66.7 Å². The van der Waals surface area contributed by atoms with Crippen LogP contribution >= 0.6 is 0 Å². The zero-order valence-electron chi connectivity index (χ0n) is 20.9. The van der Waals surface area contributed by atoms with Crippen LogP contribution in [0, 0.1) is 0 Å². The Kier molecular flexibility index (Phi) is 6.92. The van der Waals surface area contributed by atoms with Gasteiger partial charge in [0.05, 0.1) is 5.69 Å². The highest BCUT2D eigenvalue weighted by Gasteiger charge is 2.31. The largest absolute Gasteiger partial charge is 0.350 e. The topological polar surface area (TPSA) is 69.7 Å². The maximum absolute atomic E-state index is 13.4. The van der Waals surface area contributed by atoms with Crippen molar-refractivity contribution in [1.29, 1.82) is 0 Å². The SMILES string of the molecule is C[C@H](C(=O)NC(C)(C)C)N(Cc1ccccc1)C(=O)CCCN1C(=O)c2cccc3cccc1c23. The summed E-state index contributed by atoms with van der Waals surface area (Å²) in [5, 5.41) is 5.00. The van der Waals surface area contributed by atoms with Gasteiger partial charge in [0.1, 0.15) is 6.04 Å². The molecule has 0 fully saturated rings. The van der Waals surface area contributed by atoms with Crippen molar-refractivity contribution in [3.8, 4) is 0 Å². The van der Waals surface area contributed by atoms with E-state index in [0.29, 0.717) is 25.1 Å². The minimum absolute atomic E-state index is 0.0247. The summed E-state index contributed by atoms with van der Waals surface area (Å²) in [7, 11) is 0. The molecule has 3 aromatic carbocycles. The Bertz CT molecular complexity index is 1240. The van der Waals surface area contributed by atoms with Gasteiger partial charge < -0.3 is 15.1 Å². The first-order chi connectivity index (χ1) is 16.7. The molecule has 35 heavy (non-hydrogen) atoms. The summed E-state index contributed by atoms with van der Waals surface area (Å²) in [4.78, 5) is 42.7. The molecule has 0 radical (unpaired) electrons. The Labute approximate surface area is 206 Å². The van der Waals surface area contributed by atoms with Gasteiger partial charge in [-0.05, 0) is 57.2 Å². The van der Waals surface area contributed by atoms with Gasteiger partial charge in [-0.15, -0.1) is 0 Å². The number of hydrogen-bond donors (Lipinski definition) is 1. The van der Waals surface area contributed by atoms with E-state index in [9.17, 15) is 14.4 Å². The van der Waals surface area contributed by atoms with Crippen molar-refractivity contribution in [3.63, 3.8) is 0 Å². The van der Waals surface area contributed by atoms with Crippen molar-refractivity contribution in [2.45, 2.75) is 58.7 Å². The maximum Gasteiger partial charge on any atom is 0.258 e. The number of benzene rings is 3. The van der Waals surface area contributed by atoms with E-state index in [2.05, 4.69) is 5.32 Å². The fraction of sp³-hybridized carbons (Fsp3) is 0.345. The third-order valence-electron chi connectivity index (χ3n) is 6.28. The Hall–Kier alpha value is -3.67. The van der Waals surface area contributed by atoms with E-state index in [-0.39, 0.29) is 29.7 Å². The molecule has 6 nitrogen and oxygen atoms in total. The molecule has 4 rings (SSSR count). The highest BCUT2D eigenvalue weighted by atomic mass is 16.2. The zero-order valence-corrected chi connectivity index (χ0v) is 20.9. The van der Waals surface area contributed by atoms with Crippen LogP contribution < -0.4 is 10.2 Å². The smallest absolute Gasteiger partial charge is 0.258 e. The van der Waals surface area contributed by atoms with Crippen LogP contribution in [0.4, 0.5) is 5.69 Å². The number of rotatable bonds is 8. The molecule has 0 bridgehead atoms. The molecule has 3 aromatic rings. The predicted octanol–water partition coefficient (Wildman–Crippen LogP) is 4.91. The second kappa shape index (κ2) is 9.90. The van der Waals surface area contributed by atoms with Gasteiger partial charge in [0.2, 0.25) is 11.8 Å². The first kappa shape index (κ1) is 24.5. The van der Waals surface area contributed by atoms with Gasteiger partial charge in [0.15, 0.2) is 0 Å². The first-order valence-electron chi connectivity index (χ1n) is 12.1. The van der Waals surface area contributed by atoms with E-state index in [1.807, 2.05) is 87.5 Å². The lowest BCUT2D eigenvalue weighted by Gasteiger charge is -2.31. The summed E-state index contributed by atoms with van der Waals surface area (Å²) < 4.78 is 0. The quantitative estimate of drug-likeness (QED) is 0.507. The van der Waals surface area contributed by atoms with Crippen LogP contribution in [0.1, 0.15) is 56.5 Å². The summed E-state index contributed by atoms with van der Waals surface area (Å²) in [6.45, 7) is 8.33. The van der Waals surface area contributed by atoms with Gasteiger partial charge in [-0.25, -0.2) is 0 Å². The van der Waals surface area contributed by atoms with E-state index < -0.39 is 6.04 Å². The van der Waals surface area contributed by atoms with Crippen molar-refractivity contribution in [2.24, 2.45) is 0 Å². The fourth-order valence-corrected chi connectivity index (χ4v) is 4.57. The molecule has 1 N–H and O–H groups in total. The van der Waals surface area contributed by atoms with Crippen LogP contribution in [-0.2, 0) is 16.1 Å². The molecule has 1 heterocycles. The van der Waals surface area contributed by atoms with E-state index in [1.165, 1.54) is 0 Å². The number of anilines is 1. The van der Waals surface area contributed by atoms with Gasteiger partial charge in [-0.1, -0.05) is 54.6 Å². The molecule has 0 saturated carbocycles. The molecule has 0 aromatic heterocycles. The zero-order chi connectivity index (χ0) is 25.2. The summed E-state index contributed by atoms with van der Waals surface area (Å²) >= 11 is 0. The molecule has 1 aliphatic heterocycles. The highest BCUT2D eigenvalue weighted by Crippen LogP contribution is 2.37. The van der Waals surface area contributed by atoms with E-state index >= 15 is 0 Å². The number of carbonyl (C=O) groups excluding carboxylic acids is 3. The molecule has 1 aliphatic rings. The lowest BCUT2D eigenvalue weighted by atomic mass is 10.1. The Morgan fingerprint density at radius 3 is 2.34 bits per heavy atom. The Balaban J connectivity index is 1.46. The molecular weight excluding hydrogens is 438 g/mol. The second-order valence-corrected chi connectivity index (χ2v) is 10.2. The summed E-state index contributed by atoms with van der Waals surface area (Å²) in [5.41, 5.74) is 2.18. The van der Waals surface area contributed by atoms with Gasteiger partial charge in [0, 0.05) is 36.0 Å². The number of carbonyl (C=O) groups is 3. The van der Waals surface area contributed by atoms with Crippen molar-refractivity contribution >= 4 is 34.2 Å². The molecule has 0 unspecified atom stereocenters. The Morgan fingerprint density at radius 1 is 0.971 bits per heavy atom. The molecular formula is C29H33N3O3. The van der Waals surface area contributed by atoms with Crippen LogP contribution in [0.5, 0.6) is 0 Å². The number of nitrogens with zero attached hydrogens (tertiary/aromatic N) is 2. The predicted molar refractivity (Wildman–Crippen MR) is 139 cm³/mol. The summed E-state index contributed by atoms with van der Waals surface area (Å²) in [6, 6.07) is 20.8. The first-order valence-corrected chi connectivity index (χ1v) is 12.1. The van der Waals surface area contributed by atoms with Gasteiger partial charge >= 0.3 is 0 Å². The summed E-state index contributed by atoms with van der Waals surface area (Å²) in [5.74, 6) is -0.310. The van der Waals surface area contributed by atoms with Crippen molar-refractivity contribution < 1.29 is 14.4 Å². The molecule has 0 saturated heterocycles. The fourth-order valence-electron chi connectivity index (χ4n) is 4.57. The van der Waals surface area contributed by atoms with E-state index in [4.69, 9.17) is 0 Å². The minimum Gasteiger partial charge on any atom is -0.350 e. The molecule has 6 heteroatoms. The number of nitrogens with one attached hydrogen (secondary N) is 1. The van der Waals surface area contributed by atoms with Crippen LogP contribution in [0.3, 0.4) is 0 Å². The van der Waals surface area contributed by atoms with Gasteiger partial charge in [-0.2, -0.15) is 0 Å². The van der Waals surface area contributed by atoms with Gasteiger partial charge in [0.25, 0.3) is 5.91 Å². The second-order valence-electron chi connectivity index (χ2n) is 10.2. The molecule has 0 aliphatic carbocycles. The molecule has 0 spiro atoms. The average molecular weight is 472 g/mol. The minimum atomic E-state index is -0.617. The van der Waals surface area contributed by atoms with Crippen molar-refractivity contribution in [1.82, 2.24) is 10.2 Å². The molecule has 1 atom stereocenters. The molecule has 3 amide bonds. The average Bonchev–Trinajstić information content (AvgIpc) is 3.09. The van der Waals surface area contributed by atoms with Crippen molar-refractivity contribution in [3.05, 3.63) is 77.9 Å². The Morgan fingerprint density at radius 2 is 1.66 bits per heavy atom. The van der Waals surface area contributed by atoms with Crippen LogP contribution in [0.25, 0.3) is 10.8 Å². The normalized spacial score (nSPS) is 13.7. The standard InChI is InChI=1S/C29H33N3O3/c1-20(27(34)30-29(2,3)4)32(19-21-11-6-5-7-12-21)25(33)17-10-18-31-24-16-9-14-22-13-8-15-23(26(22)24)28(31)35/h5-9,11-16,20H,10,17-19H2,1-4H3,(H,30,34)/t20-/m1/s1. The lowest BCUT2D eigenvalue weighted by molar-refractivity contribution is -0.141. The molecule has 182 valence electrons. The lowest BCUT2D eigenvalue weighted by Crippen LogP contribution is -2.52. The van der Waals surface area contributed by atoms with Gasteiger partial charge in [-0.3, -0.25) is 14.4 Å². The van der Waals surface area contributed by atoms with Crippen LogP contribution in [0.2, 0.25) is 0 Å².